The Kier molecular flexibility index (Phi) is 5.55. The van der Waals surface area contributed by atoms with E-state index in [-0.39, 0.29) is 22.1 Å². The highest BCUT2D eigenvalue weighted by Gasteiger charge is 2.16. The Hall–Kier alpha value is -2.14. The Balaban J connectivity index is 2.06. The Labute approximate surface area is 136 Å². The lowest BCUT2D eigenvalue weighted by Gasteiger charge is -2.09. The van der Waals surface area contributed by atoms with Gasteiger partial charge in [-0.1, -0.05) is 37.3 Å². The first-order valence-corrected chi connectivity index (χ1v) is 8.99. The minimum absolute atomic E-state index is 0.0974. The third kappa shape index (κ3) is 4.66. The fourth-order valence-electron chi connectivity index (χ4n) is 2.38. The molecule has 0 bridgehead atoms. The first-order chi connectivity index (χ1) is 10.9. The summed E-state index contributed by atoms with van der Waals surface area (Å²) in [5.41, 5.74) is 1.01. The highest BCUT2D eigenvalue weighted by atomic mass is 32.2. The second kappa shape index (κ2) is 7.42. The fourth-order valence-corrected chi connectivity index (χ4v) is 3.67. The smallest absolute Gasteiger partial charge is 0.303 e. The molecule has 0 saturated heterocycles. The Morgan fingerprint density at radius 3 is 2.13 bits per heavy atom. The zero-order chi connectivity index (χ0) is 16.9. The summed E-state index contributed by atoms with van der Waals surface area (Å²) in [5.74, 6) is -0.693. The van der Waals surface area contributed by atoms with E-state index >= 15 is 0 Å². The lowest BCUT2D eigenvalue weighted by atomic mass is 9.98. The van der Waals surface area contributed by atoms with Gasteiger partial charge in [-0.3, -0.25) is 4.79 Å². The molecule has 0 aliphatic carbocycles. The van der Waals surface area contributed by atoms with Crippen LogP contribution in [0.25, 0.3) is 0 Å². The van der Waals surface area contributed by atoms with Gasteiger partial charge in [-0.25, -0.2) is 8.42 Å². The average Bonchev–Trinajstić information content (AvgIpc) is 2.53. The highest BCUT2D eigenvalue weighted by Crippen LogP contribution is 2.21. The van der Waals surface area contributed by atoms with Crippen molar-refractivity contribution < 1.29 is 18.3 Å². The standard InChI is InChI=1S/C18H20O4S/c1-14(13-18(19)20)7-8-15-9-11-17(12-10-15)23(21,22)16-5-3-2-4-6-16/h2-6,9-12,14H,7-8,13H2,1H3,(H,19,20)/t14-/m0/s1. The van der Waals surface area contributed by atoms with Crippen molar-refractivity contribution in [3.8, 4) is 0 Å². The van der Waals surface area contributed by atoms with Gasteiger partial charge in [-0.2, -0.15) is 0 Å². The lowest BCUT2D eigenvalue weighted by molar-refractivity contribution is -0.138. The van der Waals surface area contributed by atoms with E-state index in [0.29, 0.717) is 0 Å². The number of aliphatic carboxylic acids is 1. The van der Waals surface area contributed by atoms with E-state index in [1.807, 2.05) is 6.92 Å². The van der Waals surface area contributed by atoms with Gasteiger partial charge in [0.15, 0.2) is 0 Å². The quantitative estimate of drug-likeness (QED) is 0.841. The molecule has 2 aromatic carbocycles. The van der Waals surface area contributed by atoms with Crippen molar-refractivity contribution in [2.45, 2.75) is 36.0 Å². The van der Waals surface area contributed by atoms with E-state index in [9.17, 15) is 13.2 Å². The van der Waals surface area contributed by atoms with Crippen LogP contribution in [0.2, 0.25) is 0 Å². The fraction of sp³-hybridized carbons (Fsp3) is 0.278. The van der Waals surface area contributed by atoms with E-state index in [4.69, 9.17) is 5.11 Å². The normalized spacial score (nSPS) is 12.7. The molecule has 2 aromatic rings. The van der Waals surface area contributed by atoms with Crippen LogP contribution in [0.5, 0.6) is 0 Å². The number of aryl methyl sites for hydroxylation is 1. The van der Waals surface area contributed by atoms with Gasteiger partial charge in [0.2, 0.25) is 9.84 Å². The number of hydrogen-bond acceptors (Lipinski definition) is 3. The lowest BCUT2D eigenvalue weighted by Crippen LogP contribution is -2.05. The number of carboxylic acid groups (broad SMARTS) is 1. The van der Waals surface area contributed by atoms with Crippen molar-refractivity contribution in [2.75, 3.05) is 0 Å². The summed E-state index contributed by atoms with van der Waals surface area (Å²) in [6.45, 7) is 1.91. The summed E-state index contributed by atoms with van der Waals surface area (Å²) in [6.07, 6.45) is 1.65. The molecule has 0 saturated carbocycles. The molecule has 0 aliphatic rings. The number of hydrogen-bond donors (Lipinski definition) is 1. The van der Waals surface area contributed by atoms with Crippen LogP contribution in [-0.4, -0.2) is 19.5 Å². The first-order valence-electron chi connectivity index (χ1n) is 7.50. The maximum absolute atomic E-state index is 12.5. The summed E-state index contributed by atoms with van der Waals surface area (Å²) in [7, 11) is -3.48. The van der Waals surface area contributed by atoms with Crippen LogP contribution in [0, 0.1) is 5.92 Å². The first kappa shape index (κ1) is 17.2. The molecule has 122 valence electrons. The molecule has 0 aliphatic heterocycles. The Bertz CT molecular complexity index is 749. The molecule has 4 nitrogen and oxygen atoms in total. The molecule has 0 heterocycles. The van der Waals surface area contributed by atoms with Crippen molar-refractivity contribution in [3.63, 3.8) is 0 Å². The van der Waals surface area contributed by atoms with Crippen LogP contribution < -0.4 is 0 Å². The van der Waals surface area contributed by atoms with Crippen molar-refractivity contribution in [2.24, 2.45) is 5.92 Å². The van der Waals surface area contributed by atoms with Gasteiger partial charge in [0.25, 0.3) is 0 Å². The SMILES string of the molecule is C[C@@H](CCc1ccc(S(=O)(=O)c2ccccc2)cc1)CC(=O)O. The predicted octanol–water partition coefficient (Wildman–Crippen LogP) is 3.56. The number of sulfone groups is 1. The Morgan fingerprint density at radius 1 is 1.00 bits per heavy atom. The Morgan fingerprint density at radius 2 is 1.57 bits per heavy atom. The molecule has 23 heavy (non-hydrogen) atoms. The average molecular weight is 332 g/mol. The molecule has 0 fully saturated rings. The van der Waals surface area contributed by atoms with Crippen LogP contribution in [-0.2, 0) is 21.1 Å². The zero-order valence-electron chi connectivity index (χ0n) is 13.0. The number of carboxylic acids is 1. The minimum atomic E-state index is -3.48. The summed E-state index contributed by atoms with van der Waals surface area (Å²) in [6, 6.07) is 15.1. The van der Waals surface area contributed by atoms with Crippen molar-refractivity contribution in [3.05, 3.63) is 60.2 Å². The number of benzene rings is 2. The van der Waals surface area contributed by atoms with Gasteiger partial charge in [0.1, 0.15) is 0 Å². The van der Waals surface area contributed by atoms with Crippen molar-refractivity contribution in [1.29, 1.82) is 0 Å². The van der Waals surface area contributed by atoms with Gasteiger partial charge in [-0.15, -0.1) is 0 Å². The zero-order valence-corrected chi connectivity index (χ0v) is 13.8. The van der Waals surface area contributed by atoms with Crippen LogP contribution >= 0.6 is 0 Å². The van der Waals surface area contributed by atoms with Gasteiger partial charge < -0.3 is 5.11 Å². The van der Waals surface area contributed by atoms with Crippen LogP contribution in [0.4, 0.5) is 0 Å². The summed E-state index contributed by atoms with van der Waals surface area (Å²) in [4.78, 5) is 11.2. The number of rotatable bonds is 7. The third-order valence-electron chi connectivity index (χ3n) is 3.74. The van der Waals surface area contributed by atoms with E-state index in [1.54, 1.807) is 54.6 Å². The second-order valence-corrected chi connectivity index (χ2v) is 7.65. The van der Waals surface area contributed by atoms with Crippen LogP contribution in [0.3, 0.4) is 0 Å². The van der Waals surface area contributed by atoms with Crippen LogP contribution in [0.15, 0.2) is 64.4 Å². The van der Waals surface area contributed by atoms with Crippen LogP contribution in [0.1, 0.15) is 25.3 Å². The summed E-state index contributed by atoms with van der Waals surface area (Å²) < 4.78 is 24.9. The maximum Gasteiger partial charge on any atom is 0.303 e. The summed E-state index contributed by atoms with van der Waals surface area (Å²) >= 11 is 0. The summed E-state index contributed by atoms with van der Waals surface area (Å²) in [5, 5.41) is 8.75. The van der Waals surface area contributed by atoms with Gasteiger partial charge in [-0.05, 0) is 48.6 Å². The van der Waals surface area contributed by atoms with Crippen molar-refractivity contribution in [1.82, 2.24) is 0 Å². The topological polar surface area (TPSA) is 71.4 Å². The molecule has 5 heteroatoms. The van der Waals surface area contributed by atoms with Gasteiger partial charge in [0, 0.05) is 6.42 Å². The minimum Gasteiger partial charge on any atom is -0.481 e. The predicted molar refractivity (Wildman–Crippen MR) is 88.1 cm³/mol. The van der Waals surface area contributed by atoms with Crippen molar-refractivity contribution >= 4 is 15.8 Å². The van der Waals surface area contributed by atoms with E-state index in [2.05, 4.69) is 0 Å². The molecule has 1 N–H and O–H groups in total. The maximum atomic E-state index is 12.5. The molecular formula is C18H20O4S. The van der Waals surface area contributed by atoms with E-state index < -0.39 is 15.8 Å². The number of carbonyl (C=O) groups is 1. The molecule has 0 radical (unpaired) electrons. The highest BCUT2D eigenvalue weighted by molar-refractivity contribution is 7.91. The molecule has 0 spiro atoms. The molecule has 0 unspecified atom stereocenters. The molecular weight excluding hydrogens is 312 g/mol. The monoisotopic (exact) mass is 332 g/mol. The second-order valence-electron chi connectivity index (χ2n) is 5.70. The third-order valence-corrected chi connectivity index (χ3v) is 5.52. The molecule has 2 rings (SSSR count). The van der Waals surface area contributed by atoms with E-state index in [0.717, 1.165) is 18.4 Å². The molecule has 1 atom stereocenters. The van der Waals surface area contributed by atoms with E-state index in [1.165, 1.54) is 0 Å². The molecule has 0 aromatic heterocycles. The largest absolute Gasteiger partial charge is 0.481 e. The molecule has 0 amide bonds. The van der Waals surface area contributed by atoms with Gasteiger partial charge >= 0.3 is 5.97 Å². The van der Waals surface area contributed by atoms with Gasteiger partial charge in [0.05, 0.1) is 9.79 Å².